The number of rotatable bonds is 5. The molecule has 1 N–H and O–H groups in total. The Morgan fingerprint density at radius 2 is 2.20 bits per heavy atom. The lowest BCUT2D eigenvalue weighted by atomic mass is 10.0. The standard InChI is InChI=1S/C16H21N3O/c1-17-13(9-8-12-5-4-10-20-12)16-11-18-14-6-2-3-7-15(14)19-16/h2-3,6-7,11-13,17H,4-5,8-10H2,1H3. The molecule has 3 rings (SSSR count). The number of fused-ring (bicyclic) bond motifs is 1. The lowest BCUT2D eigenvalue weighted by Gasteiger charge is -2.17. The van der Waals surface area contributed by atoms with Gasteiger partial charge in [0.1, 0.15) is 0 Å². The van der Waals surface area contributed by atoms with Gasteiger partial charge in [-0.2, -0.15) is 0 Å². The highest BCUT2D eigenvalue weighted by Gasteiger charge is 2.19. The molecule has 1 aliphatic rings. The molecule has 2 atom stereocenters. The van der Waals surface area contributed by atoms with E-state index < -0.39 is 0 Å². The van der Waals surface area contributed by atoms with Gasteiger partial charge in [-0.3, -0.25) is 4.98 Å². The summed E-state index contributed by atoms with van der Waals surface area (Å²) >= 11 is 0. The lowest BCUT2D eigenvalue weighted by molar-refractivity contribution is 0.0997. The first-order valence-electron chi connectivity index (χ1n) is 7.37. The minimum absolute atomic E-state index is 0.247. The van der Waals surface area contributed by atoms with Crippen LogP contribution in [0.4, 0.5) is 0 Å². The molecule has 2 heterocycles. The summed E-state index contributed by atoms with van der Waals surface area (Å²) in [5.74, 6) is 0. The van der Waals surface area contributed by atoms with Crippen LogP contribution in [0.1, 0.15) is 37.4 Å². The maximum absolute atomic E-state index is 5.69. The van der Waals surface area contributed by atoms with Crippen molar-refractivity contribution in [3.05, 3.63) is 36.2 Å². The molecule has 2 unspecified atom stereocenters. The van der Waals surface area contributed by atoms with Crippen LogP contribution in [0.5, 0.6) is 0 Å². The number of nitrogens with one attached hydrogen (secondary N) is 1. The molecule has 1 aromatic carbocycles. The molecule has 1 aromatic heterocycles. The van der Waals surface area contributed by atoms with Crippen LogP contribution in [0.25, 0.3) is 11.0 Å². The first-order chi connectivity index (χ1) is 9.86. The van der Waals surface area contributed by atoms with Gasteiger partial charge in [0.25, 0.3) is 0 Å². The highest BCUT2D eigenvalue weighted by molar-refractivity contribution is 5.73. The summed E-state index contributed by atoms with van der Waals surface area (Å²) in [5, 5.41) is 3.35. The van der Waals surface area contributed by atoms with E-state index in [1.807, 2.05) is 37.5 Å². The predicted octanol–water partition coefficient (Wildman–Crippen LogP) is 2.85. The van der Waals surface area contributed by atoms with E-state index in [-0.39, 0.29) is 6.04 Å². The molecule has 0 radical (unpaired) electrons. The molecule has 0 saturated carbocycles. The van der Waals surface area contributed by atoms with E-state index in [1.54, 1.807) is 0 Å². The third-order valence-electron chi connectivity index (χ3n) is 3.97. The topological polar surface area (TPSA) is 47.0 Å². The number of benzene rings is 1. The molecule has 1 saturated heterocycles. The SMILES string of the molecule is CNC(CCC1CCCO1)c1cnc2ccccc2n1. The zero-order chi connectivity index (χ0) is 13.8. The van der Waals surface area contributed by atoms with Crippen LogP contribution in [0, 0.1) is 0 Å². The zero-order valence-electron chi connectivity index (χ0n) is 11.9. The van der Waals surface area contributed by atoms with Crippen molar-refractivity contribution >= 4 is 11.0 Å². The first-order valence-corrected chi connectivity index (χ1v) is 7.37. The molecule has 106 valence electrons. The van der Waals surface area contributed by atoms with Gasteiger partial charge in [-0.05, 0) is 44.9 Å². The fourth-order valence-electron chi connectivity index (χ4n) is 2.80. The smallest absolute Gasteiger partial charge is 0.0890 e. The van der Waals surface area contributed by atoms with Crippen molar-refractivity contribution in [2.75, 3.05) is 13.7 Å². The monoisotopic (exact) mass is 271 g/mol. The Balaban J connectivity index is 1.72. The van der Waals surface area contributed by atoms with Crippen molar-refractivity contribution in [2.24, 2.45) is 0 Å². The third-order valence-corrected chi connectivity index (χ3v) is 3.97. The average molecular weight is 271 g/mol. The molecule has 1 fully saturated rings. The van der Waals surface area contributed by atoms with Crippen molar-refractivity contribution in [2.45, 2.75) is 37.8 Å². The normalized spacial score (nSPS) is 20.4. The van der Waals surface area contributed by atoms with Crippen molar-refractivity contribution in [3.8, 4) is 0 Å². The van der Waals surface area contributed by atoms with Gasteiger partial charge < -0.3 is 10.1 Å². The Morgan fingerprint density at radius 3 is 2.95 bits per heavy atom. The van der Waals surface area contributed by atoms with Gasteiger partial charge in [0.05, 0.1) is 35.1 Å². The van der Waals surface area contributed by atoms with E-state index >= 15 is 0 Å². The molecule has 4 heteroatoms. The number of nitrogens with zero attached hydrogens (tertiary/aromatic N) is 2. The van der Waals surface area contributed by atoms with Crippen molar-refractivity contribution < 1.29 is 4.74 Å². The van der Waals surface area contributed by atoms with Crippen LogP contribution in [-0.4, -0.2) is 29.7 Å². The van der Waals surface area contributed by atoms with Gasteiger partial charge in [0.2, 0.25) is 0 Å². The van der Waals surface area contributed by atoms with E-state index in [4.69, 9.17) is 9.72 Å². The molecule has 0 bridgehead atoms. The number of para-hydroxylation sites is 2. The van der Waals surface area contributed by atoms with E-state index in [0.29, 0.717) is 6.10 Å². The lowest BCUT2D eigenvalue weighted by Crippen LogP contribution is -2.20. The summed E-state index contributed by atoms with van der Waals surface area (Å²) < 4.78 is 5.69. The largest absolute Gasteiger partial charge is 0.378 e. The van der Waals surface area contributed by atoms with Gasteiger partial charge in [-0.1, -0.05) is 12.1 Å². The Morgan fingerprint density at radius 1 is 1.35 bits per heavy atom. The van der Waals surface area contributed by atoms with Gasteiger partial charge in [0, 0.05) is 6.61 Å². The second-order valence-corrected chi connectivity index (χ2v) is 5.34. The fourth-order valence-corrected chi connectivity index (χ4v) is 2.80. The maximum Gasteiger partial charge on any atom is 0.0890 e. The van der Waals surface area contributed by atoms with Crippen LogP contribution in [0.2, 0.25) is 0 Å². The van der Waals surface area contributed by atoms with Crippen LogP contribution >= 0.6 is 0 Å². The molecular formula is C16H21N3O. The molecule has 0 spiro atoms. The van der Waals surface area contributed by atoms with Crippen molar-refractivity contribution in [3.63, 3.8) is 0 Å². The molecule has 2 aromatic rings. The first kappa shape index (κ1) is 13.5. The Bertz CT molecular complexity index is 566. The Hall–Kier alpha value is -1.52. The Labute approximate surface area is 119 Å². The summed E-state index contributed by atoms with van der Waals surface area (Å²) in [5.41, 5.74) is 2.93. The summed E-state index contributed by atoms with van der Waals surface area (Å²) in [6.45, 7) is 0.921. The average Bonchev–Trinajstić information content (AvgIpc) is 3.01. The second-order valence-electron chi connectivity index (χ2n) is 5.34. The second kappa shape index (κ2) is 6.29. The van der Waals surface area contributed by atoms with Crippen LogP contribution < -0.4 is 5.32 Å². The zero-order valence-corrected chi connectivity index (χ0v) is 11.9. The highest BCUT2D eigenvalue weighted by atomic mass is 16.5. The molecule has 1 aliphatic heterocycles. The quantitative estimate of drug-likeness (QED) is 0.908. The summed E-state index contributed by atoms with van der Waals surface area (Å²) in [7, 11) is 1.98. The fraction of sp³-hybridized carbons (Fsp3) is 0.500. The Kier molecular flexibility index (Phi) is 4.23. The number of ether oxygens (including phenoxy) is 1. The van der Waals surface area contributed by atoms with Crippen LogP contribution in [-0.2, 0) is 4.74 Å². The van der Waals surface area contributed by atoms with Gasteiger partial charge in [0.15, 0.2) is 0 Å². The molecule has 0 amide bonds. The van der Waals surface area contributed by atoms with Crippen LogP contribution in [0.15, 0.2) is 30.5 Å². The van der Waals surface area contributed by atoms with E-state index in [1.165, 1.54) is 12.8 Å². The molecule has 0 aliphatic carbocycles. The van der Waals surface area contributed by atoms with Gasteiger partial charge >= 0.3 is 0 Å². The van der Waals surface area contributed by atoms with E-state index in [9.17, 15) is 0 Å². The van der Waals surface area contributed by atoms with Crippen LogP contribution in [0.3, 0.4) is 0 Å². The third kappa shape index (κ3) is 2.97. The van der Waals surface area contributed by atoms with Crippen molar-refractivity contribution in [1.82, 2.24) is 15.3 Å². The van der Waals surface area contributed by atoms with Gasteiger partial charge in [-0.15, -0.1) is 0 Å². The van der Waals surface area contributed by atoms with Gasteiger partial charge in [-0.25, -0.2) is 4.98 Å². The minimum Gasteiger partial charge on any atom is -0.378 e. The molecular weight excluding hydrogens is 250 g/mol. The van der Waals surface area contributed by atoms with E-state index in [0.717, 1.165) is 36.2 Å². The highest BCUT2D eigenvalue weighted by Crippen LogP contribution is 2.23. The number of hydrogen-bond acceptors (Lipinski definition) is 4. The van der Waals surface area contributed by atoms with E-state index in [2.05, 4.69) is 10.3 Å². The molecule has 4 nitrogen and oxygen atoms in total. The maximum atomic E-state index is 5.69. The summed E-state index contributed by atoms with van der Waals surface area (Å²) in [6.07, 6.45) is 6.83. The summed E-state index contributed by atoms with van der Waals surface area (Å²) in [6, 6.07) is 8.24. The number of hydrogen-bond donors (Lipinski definition) is 1. The minimum atomic E-state index is 0.247. The predicted molar refractivity (Wildman–Crippen MR) is 79.5 cm³/mol. The van der Waals surface area contributed by atoms with Crippen molar-refractivity contribution in [1.29, 1.82) is 0 Å². The number of aromatic nitrogens is 2. The molecule has 20 heavy (non-hydrogen) atoms. The summed E-state index contributed by atoms with van der Waals surface area (Å²) in [4.78, 5) is 9.22.